The van der Waals surface area contributed by atoms with E-state index in [0.717, 1.165) is 96.3 Å². The first-order valence-electron chi connectivity index (χ1n) is 19.3. The molecule has 2 heterocycles. The lowest BCUT2D eigenvalue weighted by Gasteiger charge is -2.46. The summed E-state index contributed by atoms with van der Waals surface area (Å²) in [5.74, 6) is -0.000742. The highest BCUT2D eigenvalue weighted by atomic mass is 16.6. The maximum atomic E-state index is 12.9. The highest BCUT2D eigenvalue weighted by Gasteiger charge is 2.48. The van der Waals surface area contributed by atoms with E-state index in [0.29, 0.717) is 31.8 Å². The van der Waals surface area contributed by atoms with E-state index in [4.69, 9.17) is 23.7 Å². The average molecular weight is 663 g/mol. The molecule has 6 aliphatic rings. The Hall–Kier alpha value is -1.26. The van der Waals surface area contributed by atoms with E-state index in [1.807, 2.05) is 6.92 Å². The van der Waals surface area contributed by atoms with Crippen molar-refractivity contribution in [2.24, 2.45) is 35.5 Å². The van der Waals surface area contributed by atoms with Gasteiger partial charge in [0.05, 0.1) is 73.4 Å². The zero-order chi connectivity index (χ0) is 33.1. The molecule has 14 atom stereocenters. The lowest BCUT2D eigenvalue weighted by molar-refractivity contribution is -0.167. The van der Waals surface area contributed by atoms with E-state index in [1.54, 1.807) is 0 Å². The summed E-state index contributed by atoms with van der Waals surface area (Å²) >= 11 is 0. The van der Waals surface area contributed by atoms with Gasteiger partial charge in [-0.1, -0.05) is 32.6 Å². The molecule has 6 fully saturated rings. The Balaban J connectivity index is 0.999. The van der Waals surface area contributed by atoms with Crippen LogP contribution in [0.4, 0.5) is 0 Å². The minimum atomic E-state index is -0.840. The fraction of sp³-hybridized carbons (Fsp3) is 0.947. The molecule has 4 saturated carbocycles. The number of carbonyl (C=O) groups is 2. The number of epoxide rings is 2. The van der Waals surface area contributed by atoms with E-state index in [2.05, 4.69) is 13.8 Å². The Bertz CT molecular complexity index is 1050. The molecule has 9 heteroatoms. The molecule has 0 spiro atoms. The summed E-state index contributed by atoms with van der Waals surface area (Å²) in [5, 5.41) is 23.0. The third kappa shape index (κ3) is 9.30. The number of unbranched alkanes of at least 4 members (excludes halogenated alkanes) is 3. The second-order valence-corrected chi connectivity index (χ2v) is 16.4. The fourth-order valence-corrected chi connectivity index (χ4v) is 9.52. The first-order valence-corrected chi connectivity index (χ1v) is 19.3. The van der Waals surface area contributed by atoms with Gasteiger partial charge in [0, 0.05) is 11.8 Å². The van der Waals surface area contributed by atoms with Gasteiger partial charge in [0.2, 0.25) is 0 Å². The van der Waals surface area contributed by atoms with Crippen molar-refractivity contribution in [3.8, 4) is 0 Å². The lowest BCUT2D eigenvalue weighted by Crippen LogP contribution is -2.49. The molecule has 0 bridgehead atoms. The molecule has 2 N–H and O–H groups in total. The van der Waals surface area contributed by atoms with E-state index in [9.17, 15) is 19.8 Å². The standard InChI is InChI=1S/C38H62O9/c1-4-5-6-7-16-38(3,42)29-13-9-25(22-44-37(41)27-11-15-32-35(20-27)47-32)18-33(29)45-23(2)28-12-8-24(17-30(28)39)21-43-36(40)26-10-14-31-34(19-26)46-31/h23-35,39,42H,4-22H2,1-3H3. The zero-order valence-corrected chi connectivity index (χ0v) is 29.2. The number of rotatable bonds is 15. The van der Waals surface area contributed by atoms with Crippen LogP contribution in [0.2, 0.25) is 0 Å². The van der Waals surface area contributed by atoms with Crippen molar-refractivity contribution in [2.75, 3.05) is 13.2 Å². The second-order valence-electron chi connectivity index (χ2n) is 16.4. The monoisotopic (exact) mass is 662 g/mol. The lowest BCUT2D eigenvalue weighted by atomic mass is 9.70. The molecule has 4 aliphatic carbocycles. The highest BCUT2D eigenvalue weighted by molar-refractivity contribution is 5.73. The van der Waals surface area contributed by atoms with E-state index in [-0.39, 0.29) is 71.9 Å². The number of esters is 2. The van der Waals surface area contributed by atoms with Gasteiger partial charge in [0.1, 0.15) is 0 Å². The van der Waals surface area contributed by atoms with Gasteiger partial charge in [0.15, 0.2) is 0 Å². The van der Waals surface area contributed by atoms with Gasteiger partial charge in [-0.25, -0.2) is 0 Å². The normalized spacial score (nSPS) is 41.5. The van der Waals surface area contributed by atoms with Crippen LogP contribution in [0.15, 0.2) is 0 Å². The largest absolute Gasteiger partial charge is 0.465 e. The number of aliphatic hydroxyl groups is 2. The highest BCUT2D eigenvalue weighted by Crippen LogP contribution is 2.44. The van der Waals surface area contributed by atoms with Gasteiger partial charge >= 0.3 is 11.9 Å². The topological polar surface area (TPSA) is 127 Å². The Morgan fingerprint density at radius 3 is 1.94 bits per heavy atom. The Morgan fingerprint density at radius 2 is 1.36 bits per heavy atom. The van der Waals surface area contributed by atoms with Gasteiger partial charge in [-0.15, -0.1) is 0 Å². The molecule has 47 heavy (non-hydrogen) atoms. The SMILES string of the molecule is CCCCCCC(C)(O)C1CCC(COC(=O)C2CCC3OC3C2)CC1OC(C)C1CCC(COC(=O)C2CCC3OC3C2)CC1O. The quantitative estimate of drug-likeness (QED) is 0.125. The van der Waals surface area contributed by atoms with Crippen LogP contribution in [0.5, 0.6) is 0 Å². The summed E-state index contributed by atoms with van der Waals surface area (Å²) in [7, 11) is 0. The average Bonchev–Trinajstić information content (AvgIpc) is 3.99. The molecule has 0 amide bonds. The van der Waals surface area contributed by atoms with Gasteiger partial charge in [0.25, 0.3) is 0 Å². The van der Waals surface area contributed by atoms with Gasteiger partial charge in [-0.2, -0.15) is 0 Å². The van der Waals surface area contributed by atoms with Crippen molar-refractivity contribution in [3.05, 3.63) is 0 Å². The number of fused-ring (bicyclic) bond motifs is 2. The van der Waals surface area contributed by atoms with Crippen molar-refractivity contribution in [3.63, 3.8) is 0 Å². The maximum absolute atomic E-state index is 12.9. The molecule has 0 aromatic heterocycles. The Kier molecular flexibility index (Phi) is 11.9. The summed E-state index contributed by atoms with van der Waals surface area (Å²) in [5.41, 5.74) is -0.840. The Morgan fingerprint density at radius 1 is 0.766 bits per heavy atom. The smallest absolute Gasteiger partial charge is 0.309 e. The predicted molar refractivity (Wildman–Crippen MR) is 175 cm³/mol. The molecule has 0 aromatic rings. The molecule has 6 rings (SSSR count). The zero-order valence-electron chi connectivity index (χ0n) is 29.2. The number of hydrogen-bond acceptors (Lipinski definition) is 9. The van der Waals surface area contributed by atoms with Crippen LogP contribution >= 0.6 is 0 Å². The van der Waals surface area contributed by atoms with Crippen LogP contribution in [0.1, 0.15) is 130 Å². The van der Waals surface area contributed by atoms with Crippen molar-refractivity contribution >= 4 is 11.9 Å². The molecule has 0 radical (unpaired) electrons. The summed E-state index contributed by atoms with van der Waals surface area (Å²) in [6.45, 7) is 7.01. The minimum Gasteiger partial charge on any atom is -0.465 e. The summed E-state index contributed by atoms with van der Waals surface area (Å²) < 4.78 is 29.7. The third-order valence-electron chi connectivity index (χ3n) is 12.8. The van der Waals surface area contributed by atoms with Gasteiger partial charge in [-0.05, 0) is 109 Å². The molecule has 268 valence electrons. The Labute approximate surface area is 282 Å². The van der Waals surface area contributed by atoms with Crippen LogP contribution in [0.3, 0.4) is 0 Å². The van der Waals surface area contributed by atoms with Crippen molar-refractivity contribution in [2.45, 2.75) is 178 Å². The molecule has 9 nitrogen and oxygen atoms in total. The van der Waals surface area contributed by atoms with Crippen LogP contribution in [-0.2, 0) is 33.3 Å². The molecular weight excluding hydrogens is 600 g/mol. The number of carbonyl (C=O) groups excluding carboxylic acids is 2. The molecule has 0 aromatic carbocycles. The maximum Gasteiger partial charge on any atom is 0.309 e. The summed E-state index contributed by atoms with van der Waals surface area (Å²) in [4.78, 5) is 25.6. The predicted octanol–water partition coefficient (Wildman–Crippen LogP) is 5.90. The molecule has 2 aliphatic heterocycles. The third-order valence-corrected chi connectivity index (χ3v) is 12.8. The van der Waals surface area contributed by atoms with Crippen LogP contribution in [0.25, 0.3) is 0 Å². The minimum absolute atomic E-state index is 0.00942. The van der Waals surface area contributed by atoms with Crippen LogP contribution in [-0.4, -0.2) is 83.7 Å². The summed E-state index contributed by atoms with van der Waals surface area (Å²) in [6.07, 6.45) is 15.5. The number of ether oxygens (including phenoxy) is 5. The van der Waals surface area contributed by atoms with Crippen LogP contribution < -0.4 is 0 Å². The number of hydrogen-bond donors (Lipinski definition) is 2. The first-order chi connectivity index (χ1) is 22.6. The fourth-order valence-electron chi connectivity index (χ4n) is 9.52. The van der Waals surface area contributed by atoms with E-state index >= 15 is 0 Å². The van der Waals surface area contributed by atoms with E-state index < -0.39 is 11.7 Å². The second kappa shape index (κ2) is 15.7. The van der Waals surface area contributed by atoms with Gasteiger partial charge < -0.3 is 33.9 Å². The molecule has 2 saturated heterocycles. The first kappa shape index (κ1) is 35.6. The summed E-state index contributed by atoms with van der Waals surface area (Å²) in [6, 6.07) is 0. The van der Waals surface area contributed by atoms with Crippen molar-refractivity contribution < 1.29 is 43.5 Å². The van der Waals surface area contributed by atoms with Gasteiger partial charge in [-0.3, -0.25) is 9.59 Å². The number of aliphatic hydroxyl groups excluding tert-OH is 1. The molecule has 14 unspecified atom stereocenters. The van der Waals surface area contributed by atoms with Crippen molar-refractivity contribution in [1.29, 1.82) is 0 Å². The molecular formula is C38H62O9. The van der Waals surface area contributed by atoms with Crippen LogP contribution in [0, 0.1) is 35.5 Å². The van der Waals surface area contributed by atoms with Crippen molar-refractivity contribution in [1.82, 2.24) is 0 Å². The van der Waals surface area contributed by atoms with E-state index in [1.165, 1.54) is 6.42 Å².